The fourth-order valence-corrected chi connectivity index (χ4v) is 5.58. The summed E-state index contributed by atoms with van der Waals surface area (Å²) in [5.74, 6) is 0.359. The van der Waals surface area contributed by atoms with E-state index >= 15 is 0 Å². The summed E-state index contributed by atoms with van der Waals surface area (Å²) < 4.78 is 10.8. The molecule has 8 heteroatoms. The molecule has 0 saturated carbocycles. The Kier molecular flexibility index (Phi) is 5.75. The summed E-state index contributed by atoms with van der Waals surface area (Å²) in [6.07, 6.45) is 0.160. The van der Waals surface area contributed by atoms with Crippen LogP contribution in [-0.2, 0) is 22.6 Å². The first-order chi connectivity index (χ1) is 15.3. The third-order valence-corrected chi connectivity index (χ3v) is 7.35. The minimum atomic E-state index is -0.318. The van der Waals surface area contributed by atoms with Gasteiger partial charge in [-0.3, -0.25) is 4.79 Å². The largest absolute Gasteiger partial charge is 0.459 e. The van der Waals surface area contributed by atoms with Crippen molar-refractivity contribution in [2.24, 2.45) is 0 Å². The van der Waals surface area contributed by atoms with Crippen LogP contribution in [0.5, 0.6) is 0 Å². The maximum atomic E-state index is 12.6. The predicted molar refractivity (Wildman–Crippen MR) is 124 cm³/mol. The molecule has 154 valence electrons. The molecule has 1 aromatic carbocycles. The maximum absolute atomic E-state index is 12.6. The molecule has 0 unspecified atom stereocenters. The van der Waals surface area contributed by atoms with Crippen LogP contribution >= 0.6 is 34.0 Å². The van der Waals surface area contributed by atoms with Gasteiger partial charge in [0, 0.05) is 16.5 Å². The highest BCUT2D eigenvalue weighted by atomic mass is 32.1. The van der Waals surface area contributed by atoms with Gasteiger partial charge in [-0.2, -0.15) is 0 Å². The molecule has 0 amide bonds. The average Bonchev–Trinajstić information content (AvgIpc) is 3.59. The van der Waals surface area contributed by atoms with Crippen LogP contribution < -0.4 is 0 Å². The molecule has 31 heavy (non-hydrogen) atoms. The van der Waals surface area contributed by atoms with Crippen LogP contribution in [0.15, 0.2) is 75.9 Å². The summed E-state index contributed by atoms with van der Waals surface area (Å²) in [6, 6.07) is 19.7. The Bertz CT molecular complexity index is 1270. The standard InChI is InChI=1S/C23H16N2O3S3/c26-21(27-14-16-12-17(28-25-16)18-8-4-10-29-18)13-20-22(19-9-5-11-30-19)24-23(31-20)15-6-2-1-3-7-15/h1-12H,13-14H2. The predicted octanol–water partition coefficient (Wildman–Crippen LogP) is 6.54. The smallest absolute Gasteiger partial charge is 0.311 e. The second-order valence-corrected chi connectivity index (χ2v) is 9.61. The van der Waals surface area contributed by atoms with Crippen molar-refractivity contribution < 1.29 is 14.1 Å². The van der Waals surface area contributed by atoms with Gasteiger partial charge in [0.2, 0.25) is 0 Å². The van der Waals surface area contributed by atoms with E-state index in [1.807, 2.05) is 65.4 Å². The van der Waals surface area contributed by atoms with E-state index < -0.39 is 0 Å². The number of rotatable bonds is 7. The normalized spacial score (nSPS) is 11.0. The topological polar surface area (TPSA) is 65.2 Å². The minimum Gasteiger partial charge on any atom is -0.459 e. The molecule has 4 aromatic heterocycles. The molecule has 0 fully saturated rings. The van der Waals surface area contributed by atoms with Crippen LogP contribution in [0.3, 0.4) is 0 Å². The van der Waals surface area contributed by atoms with Crippen molar-refractivity contribution in [3.8, 4) is 31.8 Å². The van der Waals surface area contributed by atoms with E-state index in [2.05, 4.69) is 5.16 Å². The summed E-state index contributed by atoms with van der Waals surface area (Å²) in [7, 11) is 0. The Morgan fingerprint density at radius 3 is 2.48 bits per heavy atom. The lowest BCUT2D eigenvalue weighted by Crippen LogP contribution is -2.07. The van der Waals surface area contributed by atoms with Crippen molar-refractivity contribution >= 4 is 40.0 Å². The van der Waals surface area contributed by atoms with Gasteiger partial charge in [-0.05, 0) is 22.9 Å². The van der Waals surface area contributed by atoms with E-state index in [0.29, 0.717) is 11.5 Å². The summed E-state index contributed by atoms with van der Waals surface area (Å²) in [5, 5.41) is 8.87. The number of esters is 1. The third kappa shape index (κ3) is 4.51. The molecule has 0 N–H and O–H groups in total. The molecule has 0 saturated heterocycles. The van der Waals surface area contributed by atoms with Crippen LogP contribution in [0.25, 0.3) is 31.8 Å². The minimum absolute atomic E-state index is 0.0758. The number of hydrogen-bond donors (Lipinski definition) is 0. The van der Waals surface area contributed by atoms with Crippen molar-refractivity contribution in [3.63, 3.8) is 0 Å². The third-order valence-electron chi connectivity index (χ3n) is 4.48. The van der Waals surface area contributed by atoms with E-state index in [0.717, 1.165) is 30.9 Å². The molecule has 5 rings (SSSR count). The van der Waals surface area contributed by atoms with Crippen molar-refractivity contribution in [1.82, 2.24) is 10.1 Å². The van der Waals surface area contributed by atoms with Gasteiger partial charge in [0.05, 0.1) is 21.9 Å². The fraction of sp³-hybridized carbons (Fsp3) is 0.0870. The molecule has 5 aromatic rings. The van der Waals surface area contributed by atoms with Gasteiger partial charge in [-0.1, -0.05) is 47.6 Å². The van der Waals surface area contributed by atoms with Crippen molar-refractivity contribution in [2.45, 2.75) is 13.0 Å². The zero-order valence-electron chi connectivity index (χ0n) is 16.2. The van der Waals surface area contributed by atoms with E-state index in [9.17, 15) is 4.79 Å². The van der Waals surface area contributed by atoms with Crippen molar-refractivity contribution in [1.29, 1.82) is 0 Å². The van der Waals surface area contributed by atoms with Gasteiger partial charge >= 0.3 is 5.97 Å². The lowest BCUT2D eigenvalue weighted by molar-refractivity contribution is -0.144. The van der Waals surface area contributed by atoms with Gasteiger partial charge in [-0.25, -0.2) is 4.98 Å². The van der Waals surface area contributed by atoms with Crippen molar-refractivity contribution in [2.75, 3.05) is 0 Å². The van der Waals surface area contributed by atoms with Gasteiger partial charge in [-0.15, -0.1) is 34.0 Å². The van der Waals surface area contributed by atoms with E-state index in [1.54, 1.807) is 28.7 Å². The van der Waals surface area contributed by atoms with Gasteiger partial charge in [0.1, 0.15) is 17.3 Å². The molecule has 0 radical (unpaired) electrons. The molecular formula is C23H16N2O3S3. The lowest BCUT2D eigenvalue weighted by Gasteiger charge is -2.02. The first kappa shape index (κ1) is 19.9. The molecule has 0 aliphatic heterocycles. The monoisotopic (exact) mass is 464 g/mol. The lowest BCUT2D eigenvalue weighted by atomic mass is 10.2. The molecule has 0 bridgehead atoms. The first-order valence-corrected chi connectivity index (χ1v) is 12.1. The number of carbonyl (C=O) groups excluding carboxylic acids is 1. The Morgan fingerprint density at radius 2 is 1.74 bits per heavy atom. The zero-order valence-corrected chi connectivity index (χ0v) is 18.6. The quantitative estimate of drug-likeness (QED) is 0.256. The number of thiazole rings is 1. The maximum Gasteiger partial charge on any atom is 0.311 e. The van der Waals surface area contributed by atoms with Crippen LogP contribution in [0.1, 0.15) is 10.6 Å². The SMILES string of the molecule is O=C(Cc1sc(-c2ccccc2)nc1-c1cccs1)OCc1cc(-c2cccs2)on1. The second kappa shape index (κ2) is 8.97. The summed E-state index contributed by atoms with van der Waals surface area (Å²) >= 11 is 4.70. The second-order valence-electron chi connectivity index (χ2n) is 6.63. The highest BCUT2D eigenvalue weighted by Gasteiger charge is 2.19. The van der Waals surface area contributed by atoms with Crippen LogP contribution in [0, 0.1) is 0 Å². The molecule has 0 atom stereocenters. The Hall–Kier alpha value is -3.07. The fourth-order valence-electron chi connectivity index (χ4n) is 3.03. The number of carbonyl (C=O) groups is 1. The Morgan fingerprint density at radius 1 is 0.968 bits per heavy atom. The molecule has 0 aliphatic carbocycles. The van der Waals surface area contributed by atoms with Crippen LogP contribution in [-0.4, -0.2) is 16.1 Å². The van der Waals surface area contributed by atoms with E-state index in [4.69, 9.17) is 14.2 Å². The summed E-state index contributed by atoms with van der Waals surface area (Å²) in [4.78, 5) is 20.3. The Labute approximate surface area is 190 Å². The molecule has 5 nitrogen and oxygen atoms in total. The van der Waals surface area contributed by atoms with E-state index in [-0.39, 0.29) is 19.0 Å². The molecular weight excluding hydrogens is 448 g/mol. The molecule has 4 heterocycles. The zero-order chi connectivity index (χ0) is 21.0. The van der Waals surface area contributed by atoms with Crippen molar-refractivity contribution in [3.05, 3.63) is 82.0 Å². The summed E-state index contributed by atoms with van der Waals surface area (Å²) in [5.41, 5.74) is 2.47. The molecule has 0 spiro atoms. The number of benzene rings is 1. The number of aromatic nitrogens is 2. The van der Waals surface area contributed by atoms with Crippen LogP contribution in [0.4, 0.5) is 0 Å². The number of thiophene rings is 2. The number of nitrogens with zero attached hydrogens (tertiary/aromatic N) is 2. The number of ether oxygens (including phenoxy) is 1. The first-order valence-electron chi connectivity index (χ1n) is 9.50. The number of hydrogen-bond acceptors (Lipinski definition) is 8. The van der Waals surface area contributed by atoms with Crippen LogP contribution in [0.2, 0.25) is 0 Å². The van der Waals surface area contributed by atoms with Gasteiger partial charge in [0.15, 0.2) is 5.76 Å². The highest BCUT2D eigenvalue weighted by Crippen LogP contribution is 2.36. The highest BCUT2D eigenvalue weighted by molar-refractivity contribution is 7.17. The van der Waals surface area contributed by atoms with E-state index in [1.165, 1.54) is 11.3 Å². The summed E-state index contributed by atoms with van der Waals surface area (Å²) in [6.45, 7) is 0.0758. The van der Waals surface area contributed by atoms with Gasteiger partial charge in [0.25, 0.3) is 0 Å². The Balaban J connectivity index is 1.31. The van der Waals surface area contributed by atoms with Gasteiger partial charge < -0.3 is 9.26 Å². The molecule has 0 aliphatic rings. The average molecular weight is 465 g/mol.